The molecule has 0 saturated carbocycles. The molecule has 2 aromatic carbocycles. The zero-order valence-corrected chi connectivity index (χ0v) is 21.0. The van der Waals surface area contributed by atoms with E-state index in [1.54, 1.807) is 11.3 Å². The Kier molecular flexibility index (Phi) is 6.00. The summed E-state index contributed by atoms with van der Waals surface area (Å²) in [6.45, 7) is 7.22. The summed E-state index contributed by atoms with van der Waals surface area (Å²) in [6, 6.07) is 16.2. The summed E-state index contributed by atoms with van der Waals surface area (Å²) in [6.07, 6.45) is 0.915. The Labute approximate surface area is 204 Å². The molecule has 2 aromatic heterocycles. The number of aryl methyl sites for hydroxylation is 2. The third-order valence-corrected chi connectivity index (χ3v) is 7.53. The monoisotopic (exact) mass is 474 g/mol. The third kappa shape index (κ3) is 4.25. The fourth-order valence-electron chi connectivity index (χ4n) is 4.34. The lowest BCUT2D eigenvalue weighted by Gasteiger charge is -2.22. The van der Waals surface area contributed by atoms with Crippen LogP contribution in [0.4, 0.5) is 10.8 Å². The van der Waals surface area contributed by atoms with Gasteiger partial charge in [-0.3, -0.25) is 4.79 Å². The van der Waals surface area contributed by atoms with Crippen LogP contribution in [0.2, 0.25) is 0 Å². The Morgan fingerprint density at radius 3 is 2.56 bits per heavy atom. The van der Waals surface area contributed by atoms with Crippen LogP contribution in [0.25, 0.3) is 16.0 Å². The molecule has 7 nitrogen and oxygen atoms in total. The van der Waals surface area contributed by atoms with Crippen LogP contribution in [0.15, 0.2) is 48.5 Å². The molecule has 1 aliphatic heterocycles. The predicted octanol–water partition coefficient (Wildman–Crippen LogP) is 4.52. The van der Waals surface area contributed by atoms with Gasteiger partial charge in [-0.1, -0.05) is 35.1 Å². The highest BCUT2D eigenvalue weighted by molar-refractivity contribution is 7.22. The average Bonchev–Trinajstić information content (AvgIpc) is 3.30. The SMILES string of the molecule is Cc1ccc(-n2nc(C)c3sc(N4CCCN(C(=O)c5cccc(N(C)C)c5)CC4)nc32)cc1. The summed E-state index contributed by atoms with van der Waals surface area (Å²) >= 11 is 1.69. The molecule has 0 spiro atoms. The van der Waals surface area contributed by atoms with Crippen molar-refractivity contribution in [3.05, 3.63) is 65.4 Å². The van der Waals surface area contributed by atoms with Crippen LogP contribution in [0, 0.1) is 13.8 Å². The minimum absolute atomic E-state index is 0.0979. The van der Waals surface area contributed by atoms with E-state index >= 15 is 0 Å². The van der Waals surface area contributed by atoms with Gasteiger partial charge in [0, 0.05) is 51.5 Å². The van der Waals surface area contributed by atoms with Crippen molar-refractivity contribution >= 4 is 38.4 Å². The van der Waals surface area contributed by atoms with E-state index in [9.17, 15) is 4.79 Å². The summed E-state index contributed by atoms with van der Waals surface area (Å²) in [5, 5.41) is 5.73. The van der Waals surface area contributed by atoms with Crippen LogP contribution in [-0.2, 0) is 0 Å². The fourth-order valence-corrected chi connectivity index (χ4v) is 5.37. The fraction of sp³-hybridized carbons (Fsp3) is 0.346. The highest BCUT2D eigenvalue weighted by Crippen LogP contribution is 2.33. The van der Waals surface area contributed by atoms with Crippen molar-refractivity contribution in [3.8, 4) is 5.69 Å². The highest BCUT2D eigenvalue weighted by Gasteiger charge is 2.24. The third-order valence-electron chi connectivity index (χ3n) is 6.32. The van der Waals surface area contributed by atoms with Gasteiger partial charge in [0.2, 0.25) is 0 Å². The van der Waals surface area contributed by atoms with Gasteiger partial charge >= 0.3 is 0 Å². The number of benzene rings is 2. The molecule has 34 heavy (non-hydrogen) atoms. The number of nitrogens with zero attached hydrogens (tertiary/aromatic N) is 6. The number of rotatable bonds is 4. The van der Waals surface area contributed by atoms with E-state index < -0.39 is 0 Å². The van der Waals surface area contributed by atoms with Crippen molar-refractivity contribution in [2.45, 2.75) is 20.3 Å². The number of amides is 1. The highest BCUT2D eigenvalue weighted by atomic mass is 32.1. The maximum atomic E-state index is 13.2. The smallest absolute Gasteiger partial charge is 0.253 e. The molecule has 1 aliphatic rings. The van der Waals surface area contributed by atoms with Crippen molar-refractivity contribution in [1.82, 2.24) is 19.7 Å². The van der Waals surface area contributed by atoms with Gasteiger partial charge in [-0.2, -0.15) is 10.1 Å². The zero-order chi connectivity index (χ0) is 23.8. The number of anilines is 2. The summed E-state index contributed by atoms with van der Waals surface area (Å²) in [5.74, 6) is 0.0979. The predicted molar refractivity (Wildman–Crippen MR) is 140 cm³/mol. The van der Waals surface area contributed by atoms with Crippen molar-refractivity contribution < 1.29 is 4.79 Å². The number of fused-ring (bicyclic) bond motifs is 1. The van der Waals surface area contributed by atoms with Crippen LogP contribution >= 0.6 is 11.3 Å². The lowest BCUT2D eigenvalue weighted by molar-refractivity contribution is 0.0767. The molecule has 1 saturated heterocycles. The largest absolute Gasteiger partial charge is 0.378 e. The first-order chi connectivity index (χ1) is 16.4. The molecular weight excluding hydrogens is 444 g/mol. The maximum Gasteiger partial charge on any atom is 0.253 e. The number of carbonyl (C=O) groups excluding carboxylic acids is 1. The quantitative estimate of drug-likeness (QED) is 0.435. The molecule has 4 aromatic rings. The molecule has 8 heteroatoms. The Balaban J connectivity index is 1.35. The van der Waals surface area contributed by atoms with Crippen molar-refractivity contribution in [2.75, 3.05) is 50.1 Å². The van der Waals surface area contributed by atoms with E-state index in [1.165, 1.54) is 5.56 Å². The van der Waals surface area contributed by atoms with E-state index in [4.69, 9.17) is 10.1 Å². The second-order valence-corrected chi connectivity index (χ2v) is 10.0. The number of hydrogen-bond acceptors (Lipinski definition) is 6. The molecule has 0 unspecified atom stereocenters. The van der Waals surface area contributed by atoms with Crippen molar-refractivity contribution in [3.63, 3.8) is 0 Å². The van der Waals surface area contributed by atoms with E-state index in [-0.39, 0.29) is 5.91 Å². The first-order valence-corrected chi connectivity index (χ1v) is 12.5. The Morgan fingerprint density at radius 2 is 1.79 bits per heavy atom. The second-order valence-electron chi connectivity index (χ2n) is 9.06. The number of carbonyl (C=O) groups is 1. The summed E-state index contributed by atoms with van der Waals surface area (Å²) in [4.78, 5) is 24.5. The van der Waals surface area contributed by atoms with Crippen LogP contribution < -0.4 is 9.80 Å². The van der Waals surface area contributed by atoms with Gasteiger partial charge in [0.1, 0.15) is 0 Å². The van der Waals surface area contributed by atoms with Crippen LogP contribution in [0.3, 0.4) is 0 Å². The molecule has 0 N–H and O–H groups in total. The zero-order valence-electron chi connectivity index (χ0n) is 20.2. The Bertz CT molecular complexity index is 1320. The van der Waals surface area contributed by atoms with Crippen molar-refractivity contribution in [1.29, 1.82) is 0 Å². The van der Waals surface area contributed by atoms with Gasteiger partial charge in [0.05, 0.1) is 16.1 Å². The van der Waals surface area contributed by atoms with Crippen LogP contribution in [0.1, 0.15) is 28.0 Å². The number of hydrogen-bond donors (Lipinski definition) is 0. The van der Waals surface area contributed by atoms with Gasteiger partial charge in [-0.25, -0.2) is 4.68 Å². The van der Waals surface area contributed by atoms with Crippen molar-refractivity contribution in [2.24, 2.45) is 0 Å². The standard InChI is InChI=1S/C26H30N6OS/c1-18-9-11-21(12-10-18)32-24-23(19(2)28-32)34-26(27-24)31-14-6-13-30(15-16-31)25(33)20-7-5-8-22(17-20)29(3)4/h5,7-12,17H,6,13-16H2,1-4H3. The number of aromatic nitrogens is 3. The molecule has 0 aliphatic carbocycles. The lowest BCUT2D eigenvalue weighted by Crippen LogP contribution is -2.35. The molecule has 176 valence electrons. The molecule has 0 radical (unpaired) electrons. The number of thiazole rings is 1. The van der Waals surface area contributed by atoms with E-state index in [0.717, 1.165) is 64.2 Å². The van der Waals surface area contributed by atoms with Gasteiger partial charge in [-0.05, 0) is 50.6 Å². The first-order valence-electron chi connectivity index (χ1n) is 11.7. The normalized spacial score (nSPS) is 14.5. The summed E-state index contributed by atoms with van der Waals surface area (Å²) in [7, 11) is 3.98. The molecule has 3 heterocycles. The second kappa shape index (κ2) is 9.10. The van der Waals surface area contributed by atoms with E-state index in [1.807, 2.05) is 59.8 Å². The molecule has 1 fully saturated rings. The minimum Gasteiger partial charge on any atom is -0.378 e. The van der Waals surface area contributed by atoms with Gasteiger partial charge < -0.3 is 14.7 Å². The molecule has 1 amide bonds. The molecule has 0 atom stereocenters. The van der Waals surface area contributed by atoms with Crippen LogP contribution in [-0.4, -0.2) is 65.8 Å². The van der Waals surface area contributed by atoms with Gasteiger partial charge in [-0.15, -0.1) is 0 Å². The lowest BCUT2D eigenvalue weighted by atomic mass is 10.1. The maximum absolute atomic E-state index is 13.2. The van der Waals surface area contributed by atoms with Gasteiger partial charge in [0.15, 0.2) is 10.8 Å². The molecule has 0 bridgehead atoms. The van der Waals surface area contributed by atoms with Gasteiger partial charge in [0.25, 0.3) is 5.91 Å². The first kappa shape index (κ1) is 22.4. The minimum atomic E-state index is 0.0979. The van der Waals surface area contributed by atoms with Crippen LogP contribution in [0.5, 0.6) is 0 Å². The Hall–Kier alpha value is -3.39. The van der Waals surface area contributed by atoms with E-state index in [0.29, 0.717) is 6.54 Å². The molecule has 5 rings (SSSR count). The Morgan fingerprint density at radius 1 is 1.00 bits per heavy atom. The van der Waals surface area contributed by atoms with E-state index in [2.05, 4.69) is 36.1 Å². The topological polar surface area (TPSA) is 57.5 Å². The molecular formula is C26H30N6OS. The summed E-state index contributed by atoms with van der Waals surface area (Å²) < 4.78 is 3.06. The summed E-state index contributed by atoms with van der Waals surface area (Å²) in [5.41, 5.74) is 5.92. The average molecular weight is 475 g/mol.